The molecule has 4 rings (SSSR count). The quantitative estimate of drug-likeness (QED) is 0.155. The van der Waals surface area contributed by atoms with Gasteiger partial charge in [-0.05, 0) is 84.8 Å². The zero-order valence-electron chi connectivity index (χ0n) is 21.2. The van der Waals surface area contributed by atoms with Gasteiger partial charge < -0.3 is 4.74 Å². The number of hydrazone groups is 1. The maximum absolute atomic E-state index is 13.5. The van der Waals surface area contributed by atoms with Gasteiger partial charge in [-0.25, -0.2) is 13.8 Å². The highest BCUT2D eigenvalue weighted by atomic mass is 35.5. The number of anilines is 1. The summed E-state index contributed by atoms with van der Waals surface area (Å²) in [7, 11) is -4.13. The summed E-state index contributed by atoms with van der Waals surface area (Å²) in [5.74, 6) is -0.000718. The summed E-state index contributed by atoms with van der Waals surface area (Å²) < 4.78 is 33.7. The minimum Gasteiger partial charge on any atom is -0.489 e. The molecule has 0 aliphatic rings. The lowest BCUT2D eigenvalue weighted by Gasteiger charge is -2.24. The number of hydrogen-bond donors (Lipinski definition) is 1. The van der Waals surface area contributed by atoms with Crippen molar-refractivity contribution in [2.75, 3.05) is 10.8 Å². The first-order valence-corrected chi connectivity index (χ1v) is 14.5. The van der Waals surface area contributed by atoms with Crippen LogP contribution in [-0.4, -0.2) is 27.1 Å². The van der Waals surface area contributed by atoms with Crippen LogP contribution in [0, 0.1) is 6.92 Å². The number of nitrogens with zero attached hydrogens (tertiary/aromatic N) is 2. The number of nitrogens with one attached hydrogen (secondary N) is 1. The first-order chi connectivity index (χ1) is 19.1. The first kappa shape index (κ1) is 29.4. The summed E-state index contributed by atoms with van der Waals surface area (Å²) in [5, 5.41) is 5.09. The van der Waals surface area contributed by atoms with E-state index in [1.54, 1.807) is 48.5 Å². The van der Waals surface area contributed by atoms with Crippen LogP contribution in [0.1, 0.15) is 16.7 Å². The van der Waals surface area contributed by atoms with E-state index in [0.29, 0.717) is 22.9 Å². The van der Waals surface area contributed by atoms with Gasteiger partial charge in [-0.1, -0.05) is 64.6 Å². The summed E-state index contributed by atoms with van der Waals surface area (Å²) in [6, 6.07) is 25.1. The molecule has 0 bridgehead atoms. The second-order valence-electron chi connectivity index (χ2n) is 8.73. The lowest BCUT2D eigenvalue weighted by atomic mass is 10.2. The Hall–Kier alpha value is -3.56. The van der Waals surface area contributed by atoms with E-state index in [2.05, 4.69) is 10.5 Å². The van der Waals surface area contributed by atoms with Gasteiger partial charge in [0.15, 0.2) is 0 Å². The Morgan fingerprint density at radius 2 is 1.50 bits per heavy atom. The first-order valence-electron chi connectivity index (χ1n) is 11.9. The lowest BCUT2D eigenvalue weighted by molar-refractivity contribution is -0.119. The van der Waals surface area contributed by atoms with Crippen LogP contribution in [0.15, 0.2) is 101 Å². The molecule has 7 nitrogen and oxygen atoms in total. The van der Waals surface area contributed by atoms with E-state index in [0.717, 1.165) is 15.4 Å². The average molecular weight is 617 g/mol. The Bertz CT molecular complexity index is 1590. The van der Waals surface area contributed by atoms with Crippen molar-refractivity contribution in [3.8, 4) is 5.75 Å². The largest absolute Gasteiger partial charge is 0.489 e. The maximum Gasteiger partial charge on any atom is 0.264 e. The number of ether oxygens (including phenoxy) is 1. The Kier molecular flexibility index (Phi) is 9.71. The Balaban J connectivity index is 1.42. The van der Waals surface area contributed by atoms with Gasteiger partial charge in [-0.2, -0.15) is 5.10 Å². The van der Waals surface area contributed by atoms with E-state index < -0.39 is 22.5 Å². The second-order valence-corrected chi connectivity index (χ2v) is 11.9. The number of benzene rings is 4. The van der Waals surface area contributed by atoms with Crippen LogP contribution in [0.5, 0.6) is 5.75 Å². The molecule has 0 spiro atoms. The fraction of sp³-hybridized carbons (Fsp3) is 0.103. The van der Waals surface area contributed by atoms with Gasteiger partial charge in [0, 0.05) is 15.1 Å². The van der Waals surface area contributed by atoms with Gasteiger partial charge in [0.05, 0.1) is 16.8 Å². The third kappa shape index (κ3) is 7.99. The van der Waals surface area contributed by atoms with Crippen LogP contribution in [0.2, 0.25) is 15.1 Å². The smallest absolute Gasteiger partial charge is 0.264 e. The molecule has 206 valence electrons. The molecule has 0 fully saturated rings. The topological polar surface area (TPSA) is 88.1 Å². The van der Waals surface area contributed by atoms with Gasteiger partial charge in [-0.3, -0.25) is 9.10 Å². The number of rotatable bonds is 10. The summed E-state index contributed by atoms with van der Waals surface area (Å²) in [6.07, 6.45) is 1.44. The fourth-order valence-corrected chi connectivity index (χ4v) is 5.62. The molecule has 4 aromatic carbocycles. The molecule has 0 radical (unpaired) electrons. The normalized spacial score (nSPS) is 11.4. The van der Waals surface area contributed by atoms with Crippen LogP contribution < -0.4 is 14.5 Å². The summed E-state index contributed by atoms with van der Waals surface area (Å²) in [5.41, 5.74) is 5.09. The predicted molar refractivity (Wildman–Crippen MR) is 160 cm³/mol. The van der Waals surface area contributed by atoms with E-state index in [1.165, 1.54) is 36.5 Å². The van der Waals surface area contributed by atoms with E-state index in [9.17, 15) is 13.2 Å². The minimum atomic E-state index is -4.13. The number of carbonyl (C=O) groups is 1. The molecule has 0 saturated carbocycles. The molecule has 0 aromatic heterocycles. The third-order valence-electron chi connectivity index (χ3n) is 5.63. The number of hydrogen-bond acceptors (Lipinski definition) is 5. The van der Waals surface area contributed by atoms with Crippen LogP contribution in [0.4, 0.5) is 5.69 Å². The molecule has 0 atom stereocenters. The summed E-state index contributed by atoms with van der Waals surface area (Å²) >= 11 is 18.1. The maximum atomic E-state index is 13.5. The van der Waals surface area contributed by atoms with Crippen LogP contribution in [-0.2, 0) is 21.4 Å². The number of sulfonamides is 1. The molecular formula is C29H24Cl3N3O4S. The zero-order valence-corrected chi connectivity index (χ0v) is 24.3. The Morgan fingerprint density at radius 1 is 0.875 bits per heavy atom. The predicted octanol–water partition coefficient (Wildman–Crippen LogP) is 6.88. The third-order valence-corrected chi connectivity index (χ3v) is 8.11. The molecule has 1 N–H and O–H groups in total. The highest BCUT2D eigenvalue weighted by Crippen LogP contribution is 2.29. The molecule has 11 heteroatoms. The van der Waals surface area contributed by atoms with Crippen molar-refractivity contribution in [1.82, 2.24) is 5.43 Å². The summed E-state index contributed by atoms with van der Waals surface area (Å²) in [4.78, 5) is 12.8. The van der Waals surface area contributed by atoms with Crippen molar-refractivity contribution in [2.45, 2.75) is 18.4 Å². The van der Waals surface area contributed by atoms with E-state index in [1.807, 2.05) is 19.1 Å². The molecule has 4 aromatic rings. The Labute approximate surface area is 248 Å². The van der Waals surface area contributed by atoms with Crippen LogP contribution in [0.25, 0.3) is 0 Å². The second kappa shape index (κ2) is 13.2. The molecule has 1 amide bonds. The highest BCUT2D eigenvalue weighted by Gasteiger charge is 2.27. The van der Waals surface area contributed by atoms with Gasteiger partial charge in [0.1, 0.15) is 18.9 Å². The van der Waals surface area contributed by atoms with Gasteiger partial charge >= 0.3 is 0 Å². The van der Waals surface area contributed by atoms with Gasteiger partial charge in [-0.15, -0.1) is 0 Å². The summed E-state index contributed by atoms with van der Waals surface area (Å²) in [6.45, 7) is 1.68. The van der Waals surface area contributed by atoms with E-state index >= 15 is 0 Å². The van der Waals surface area contributed by atoms with Crippen molar-refractivity contribution >= 4 is 62.6 Å². The molecule has 0 aliphatic carbocycles. The number of halogens is 3. The average Bonchev–Trinajstić information content (AvgIpc) is 2.92. The molecule has 0 unspecified atom stereocenters. The Morgan fingerprint density at radius 3 is 2.12 bits per heavy atom. The SMILES string of the molecule is Cc1ccc(S(=O)(=O)N(CC(=O)N/N=C\c2ccc(OCc3ccc(Cl)cc3)cc2)c2cc(Cl)cc(Cl)c2)cc1. The standard InChI is InChI=1S/C29H24Cl3N3O4S/c1-20-2-12-28(13-3-20)40(37,38)35(26-15-24(31)14-25(32)16-26)18-29(36)34-33-17-21-6-10-27(11-7-21)39-19-22-4-8-23(30)9-5-22/h2-17H,18-19H2,1H3,(H,34,36)/b33-17-. The molecule has 40 heavy (non-hydrogen) atoms. The van der Waals surface area contributed by atoms with Crippen molar-refractivity contribution in [3.05, 3.63) is 123 Å². The van der Waals surface area contributed by atoms with E-state index in [-0.39, 0.29) is 20.6 Å². The highest BCUT2D eigenvalue weighted by molar-refractivity contribution is 7.92. The molecule has 0 heterocycles. The monoisotopic (exact) mass is 615 g/mol. The number of carbonyl (C=O) groups excluding carboxylic acids is 1. The van der Waals surface area contributed by atoms with Crippen LogP contribution in [0.3, 0.4) is 0 Å². The number of aryl methyl sites for hydroxylation is 1. The molecule has 0 aliphatic heterocycles. The minimum absolute atomic E-state index is 0.0175. The van der Waals surface area contributed by atoms with Crippen LogP contribution >= 0.6 is 34.8 Å². The number of amides is 1. The molecule has 0 saturated heterocycles. The van der Waals surface area contributed by atoms with Crippen molar-refractivity contribution in [3.63, 3.8) is 0 Å². The van der Waals surface area contributed by atoms with Crippen molar-refractivity contribution in [1.29, 1.82) is 0 Å². The van der Waals surface area contributed by atoms with Crippen molar-refractivity contribution in [2.24, 2.45) is 5.10 Å². The lowest BCUT2D eigenvalue weighted by Crippen LogP contribution is -2.39. The van der Waals surface area contributed by atoms with Gasteiger partial charge in [0.2, 0.25) is 0 Å². The zero-order chi connectivity index (χ0) is 28.7. The van der Waals surface area contributed by atoms with Gasteiger partial charge in [0.25, 0.3) is 15.9 Å². The van der Waals surface area contributed by atoms with E-state index in [4.69, 9.17) is 39.5 Å². The molecular weight excluding hydrogens is 593 g/mol. The fourth-order valence-electron chi connectivity index (χ4n) is 3.58. The van der Waals surface area contributed by atoms with Crippen molar-refractivity contribution < 1.29 is 17.9 Å².